The molecule has 2 rings (SSSR count). The first kappa shape index (κ1) is 19.7. The number of nitrogens with zero attached hydrogens (tertiary/aromatic N) is 2. The highest BCUT2D eigenvalue weighted by Crippen LogP contribution is 2.44. The number of hydrogen-bond donors (Lipinski definition) is 1. The van der Waals surface area contributed by atoms with E-state index in [2.05, 4.69) is 4.99 Å². The number of alkyl halides is 5. The molecule has 0 saturated carbocycles. The van der Waals surface area contributed by atoms with Gasteiger partial charge in [0, 0.05) is 18.3 Å². The average molecular weight is 371 g/mol. The zero-order valence-electron chi connectivity index (χ0n) is 14.2. The molecule has 0 fully saturated rings. The second-order valence-corrected chi connectivity index (χ2v) is 5.67. The van der Waals surface area contributed by atoms with E-state index in [1.807, 2.05) is 19.1 Å². The van der Waals surface area contributed by atoms with Crippen LogP contribution in [0.5, 0.6) is 0 Å². The summed E-state index contributed by atoms with van der Waals surface area (Å²) in [5.74, 6) is -4.99. The largest absolute Gasteiger partial charge is 0.458 e. The van der Waals surface area contributed by atoms with Crippen LogP contribution >= 0.6 is 0 Å². The van der Waals surface area contributed by atoms with Crippen molar-refractivity contribution in [2.24, 2.45) is 10.7 Å². The number of halogens is 5. The van der Waals surface area contributed by atoms with Crippen LogP contribution in [-0.4, -0.2) is 19.2 Å². The molecule has 3 nitrogen and oxygen atoms in total. The summed E-state index contributed by atoms with van der Waals surface area (Å²) in [7, 11) is 1.44. The molecule has 0 atom stereocenters. The molecule has 0 radical (unpaired) electrons. The second kappa shape index (κ2) is 7.31. The minimum atomic E-state index is -5.68. The molecule has 0 bridgehead atoms. The first-order valence-electron chi connectivity index (χ1n) is 7.78. The Bertz CT molecular complexity index is 799. The maximum atomic E-state index is 13.5. The predicted octanol–water partition coefficient (Wildman–Crippen LogP) is 4.99. The standard InChI is InChI=1S/C18H18F5N3/c1-3-12-6-4-8-14(10-12)25-16(24)26(2)15-9-5-7-13(11-15)17(19,20)18(21,22)23/h4-11H,3H2,1-2H3,(H2,24,25). The highest BCUT2D eigenvalue weighted by Gasteiger charge is 2.58. The molecule has 0 unspecified atom stereocenters. The molecule has 0 aliphatic heterocycles. The summed E-state index contributed by atoms with van der Waals surface area (Å²) in [6, 6.07) is 11.2. The van der Waals surface area contributed by atoms with Gasteiger partial charge in [0.05, 0.1) is 5.69 Å². The Morgan fingerprint density at radius 1 is 1.04 bits per heavy atom. The van der Waals surface area contributed by atoms with Crippen molar-refractivity contribution in [1.29, 1.82) is 0 Å². The van der Waals surface area contributed by atoms with Crippen LogP contribution in [0.2, 0.25) is 0 Å². The highest BCUT2D eigenvalue weighted by molar-refractivity contribution is 5.96. The lowest BCUT2D eigenvalue weighted by Gasteiger charge is -2.23. The highest BCUT2D eigenvalue weighted by atomic mass is 19.4. The van der Waals surface area contributed by atoms with Gasteiger partial charge in [-0.2, -0.15) is 22.0 Å². The number of guanidine groups is 1. The SMILES string of the molecule is CCc1cccc(N=C(N)N(C)c2cccc(C(F)(F)C(F)(F)F)c2)c1. The number of aryl methyl sites for hydroxylation is 1. The minimum absolute atomic E-state index is 0.0364. The molecule has 0 saturated heterocycles. The van der Waals surface area contributed by atoms with Crippen molar-refractivity contribution < 1.29 is 22.0 Å². The fourth-order valence-corrected chi connectivity index (χ4v) is 2.26. The third kappa shape index (κ3) is 4.12. The lowest BCUT2D eigenvalue weighted by molar-refractivity contribution is -0.289. The van der Waals surface area contributed by atoms with Gasteiger partial charge in [0.15, 0.2) is 0 Å². The van der Waals surface area contributed by atoms with Crippen molar-refractivity contribution in [3.8, 4) is 0 Å². The van der Waals surface area contributed by atoms with Gasteiger partial charge in [-0.15, -0.1) is 0 Å². The number of rotatable bonds is 4. The second-order valence-electron chi connectivity index (χ2n) is 5.67. The lowest BCUT2D eigenvalue weighted by atomic mass is 10.1. The summed E-state index contributed by atoms with van der Waals surface area (Å²) in [5, 5.41) is 0. The molecule has 0 aliphatic rings. The molecule has 140 valence electrons. The normalized spacial score (nSPS) is 13.0. The average Bonchev–Trinajstić information content (AvgIpc) is 2.60. The van der Waals surface area contributed by atoms with Gasteiger partial charge >= 0.3 is 12.1 Å². The third-order valence-electron chi connectivity index (χ3n) is 3.86. The van der Waals surface area contributed by atoms with Gasteiger partial charge in [0.25, 0.3) is 0 Å². The summed E-state index contributed by atoms with van der Waals surface area (Å²) in [6.45, 7) is 1.98. The van der Waals surface area contributed by atoms with Crippen molar-refractivity contribution in [3.05, 3.63) is 59.7 Å². The van der Waals surface area contributed by atoms with Crippen LogP contribution in [0.1, 0.15) is 18.1 Å². The molecular weight excluding hydrogens is 353 g/mol. The van der Waals surface area contributed by atoms with Gasteiger partial charge in [-0.05, 0) is 36.2 Å². The molecule has 0 amide bonds. The first-order chi connectivity index (χ1) is 12.1. The first-order valence-corrected chi connectivity index (χ1v) is 7.78. The Balaban J connectivity index is 2.33. The smallest absolute Gasteiger partial charge is 0.369 e. The maximum absolute atomic E-state index is 13.5. The van der Waals surface area contributed by atoms with Crippen LogP contribution in [0.25, 0.3) is 0 Å². The molecule has 2 N–H and O–H groups in total. The van der Waals surface area contributed by atoms with Crippen LogP contribution < -0.4 is 10.6 Å². The van der Waals surface area contributed by atoms with Crippen molar-refractivity contribution >= 4 is 17.3 Å². The number of anilines is 1. The van der Waals surface area contributed by atoms with Crippen LogP contribution in [-0.2, 0) is 12.3 Å². The number of nitrogens with two attached hydrogens (primary N) is 1. The van der Waals surface area contributed by atoms with E-state index in [0.29, 0.717) is 5.69 Å². The van der Waals surface area contributed by atoms with Crippen LogP contribution in [0.3, 0.4) is 0 Å². The zero-order chi connectivity index (χ0) is 19.5. The quantitative estimate of drug-likeness (QED) is 0.468. The van der Waals surface area contributed by atoms with E-state index in [1.54, 1.807) is 12.1 Å². The molecular formula is C18H18F5N3. The molecule has 8 heteroatoms. The molecule has 0 aromatic heterocycles. The Labute approximate surface area is 148 Å². The van der Waals surface area contributed by atoms with Crippen molar-refractivity contribution in [1.82, 2.24) is 0 Å². The molecule has 26 heavy (non-hydrogen) atoms. The van der Waals surface area contributed by atoms with E-state index >= 15 is 0 Å². The van der Waals surface area contributed by atoms with Gasteiger partial charge in [0.1, 0.15) is 0 Å². The van der Waals surface area contributed by atoms with Gasteiger partial charge < -0.3 is 10.6 Å². The fourth-order valence-electron chi connectivity index (χ4n) is 2.26. The molecule has 0 heterocycles. The van der Waals surface area contributed by atoms with E-state index < -0.39 is 17.7 Å². The lowest BCUT2D eigenvalue weighted by Crippen LogP contribution is -2.35. The minimum Gasteiger partial charge on any atom is -0.369 e. The third-order valence-corrected chi connectivity index (χ3v) is 3.86. The van der Waals surface area contributed by atoms with Crippen molar-refractivity contribution in [3.63, 3.8) is 0 Å². The van der Waals surface area contributed by atoms with E-state index in [9.17, 15) is 22.0 Å². The molecule has 2 aromatic rings. The summed E-state index contributed by atoms with van der Waals surface area (Å²) < 4.78 is 64.7. The topological polar surface area (TPSA) is 41.6 Å². The molecule has 0 spiro atoms. The van der Waals surface area contributed by atoms with Crippen molar-refractivity contribution in [2.75, 3.05) is 11.9 Å². The van der Waals surface area contributed by atoms with E-state index in [1.165, 1.54) is 18.0 Å². The number of hydrogen-bond acceptors (Lipinski definition) is 1. The summed E-state index contributed by atoms with van der Waals surface area (Å²) in [4.78, 5) is 5.44. The monoisotopic (exact) mass is 371 g/mol. The molecule has 0 aliphatic carbocycles. The fraction of sp³-hybridized carbons (Fsp3) is 0.278. The van der Waals surface area contributed by atoms with Crippen LogP contribution in [0.4, 0.5) is 33.3 Å². The molecule has 2 aromatic carbocycles. The Morgan fingerprint density at radius 2 is 1.69 bits per heavy atom. The Morgan fingerprint density at radius 3 is 2.31 bits per heavy atom. The van der Waals surface area contributed by atoms with Gasteiger partial charge in [-0.1, -0.05) is 31.2 Å². The zero-order valence-corrected chi connectivity index (χ0v) is 14.2. The maximum Gasteiger partial charge on any atom is 0.458 e. The summed E-state index contributed by atoms with van der Waals surface area (Å²) in [5.41, 5.74) is 6.39. The van der Waals surface area contributed by atoms with Gasteiger partial charge in [-0.3, -0.25) is 0 Å². The number of benzene rings is 2. The van der Waals surface area contributed by atoms with E-state index in [4.69, 9.17) is 5.73 Å². The Kier molecular flexibility index (Phi) is 5.53. The van der Waals surface area contributed by atoms with E-state index in [-0.39, 0.29) is 11.6 Å². The number of aliphatic imine (C=N–C) groups is 1. The van der Waals surface area contributed by atoms with Crippen LogP contribution in [0.15, 0.2) is 53.5 Å². The van der Waals surface area contributed by atoms with Crippen LogP contribution in [0, 0.1) is 0 Å². The van der Waals surface area contributed by atoms with Gasteiger partial charge in [0.2, 0.25) is 5.96 Å². The predicted molar refractivity (Wildman–Crippen MR) is 91.9 cm³/mol. The van der Waals surface area contributed by atoms with Crippen molar-refractivity contribution in [2.45, 2.75) is 25.4 Å². The summed E-state index contributed by atoms with van der Waals surface area (Å²) in [6.07, 6.45) is -4.88. The van der Waals surface area contributed by atoms with Gasteiger partial charge in [-0.25, -0.2) is 4.99 Å². The summed E-state index contributed by atoms with van der Waals surface area (Å²) >= 11 is 0. The Hall–Kier alpha value is -2.64. The van der Waals surface area contributed by atoms with E-state index in [0.717, 1.165) is 30.2 Å².